The minimum Gasteiger partial charge on any atom is -0.376 e. The normalized spacial score (nSPS) is 20.4. The molecule has 1 aliphatic heterocycles. The average Bonchev–Trinajstić information content (AvgIpc) is 2.53. The second kappa shape index (κ2) is 9.42. The van der Waals surface area contributed by atoms with Crippen LogP contribution >= 0.6 is 11.6 Å². The van der Waals surface area contributed by atoms with E-state index in [-0.39, 0.29) is 12.2 Å². The van der Waals surface area contributed by atoms with Gasteiger partial charge in [0.25, 0.3) is 0 Å². The SMILES string of the molecule is CCCNCC(OCC1CCCCO1)c1ccccc1Cl. The Bertz CT molecular complexity index is 408. The lowest BCUT2D eigenvalue weighted by Gasteiger charge is -2.26. The Morgan fingerprint density at radius 2 is 2.24 bits per heavy atom. The molecule has 2 atom stereocenters. The summed E-state index contributed by atoms with van der Waals surface area (Å²) in [5, 5.41) is 4.19. The van der Waals surface area contributed by atoms with E-state index >= 15 is 0 Å². The number of ether oxygens (including phenoxy) is 2. The zero-order chi connectivity index (χ0) is 14.9. The fourth-order valence-corrected chi connectivity index (χ4v) is 2.82. The molecule has 1 saturated heterocycles. The minimum absolute atomic E-state index is 0.0178. The fraction of sp³-hybridized carbons (Fsp3) is 0.647. The van der Waals surface area contributed by atoms with Crippen LogP contribution in [0.4, 0.5) is 0 Å². The van der Waals surface area contributed by atoms with Crippen LogP contribution in [0.2, 0.25) is 5.02 Å². The second-order valence-corrected chi connectivity index (χ2v) is 5.94. The summed E-state index contributed by atoms with van der Waals surface area (Å²) in [6.45, 7) is 5.44. The molecule has 1 fully saturated rings. The van der Waals surface area contributed by atoms with E-state index < -0.39 is 0 Å². The second-order valence-electron chi connectivity index (χ2n) is 5.54. The van der Waals surface area contributed by atoms with Gasteiger partial charge in [0.2, 0.25) is 0 Å². The molecule has 4 heteroatoms. The summed E-state index contributed by atoms with van der Waals surface area (Å²) < 4.78 is 11.9. The molecule has 0 radical (unpaired) electrons. The Morgan fingerprint density at radius 1 is 1.38 bits per heavy atom. The smallest absolute Gasteiger partial charge is 0.0964 e. The van der Waals surface area contributed by atoms with E-state index in [0.29, 0.717) is 6.61 Å². The summed E-state index contributed by atoms with van der Waals surface area (Å²) in [7, 11) is 0. The van der Waals surface area contributed by atoms with Crippen LogP contribution < -0.4 is 5.32 Å². The molecule has 0 spiro atoms. The summed E-state index contributed by atoms with van der Waals surface area (Å²) in [5.74, 6) is 0. The Morgan fingerprint density at radius 3 is 2.95 bits per heavy atom. The highest BCUT2D eigenvalue weighted by Crippen LogP contribution is 2.26. The third-order valence-corrected chi connectivity index (χ3v) is 4.11. The van der Waals surface area contributed by atoms with Gasteiger partial charge in [0.05, 0.1) is 18.8 Å². The van der Waals surface area contributed by atoms with E-state index in [0.717, 1.165) is 43.1 Å². The van der Waals surface area contributed by atoms with Crippen LogP contribution in [0.25, 0.3) is 0 Å². The van der Waals surface area contributed by atoms with Gasteiger partial charge in [0.1, 0.15) is 0 Å². The average molecular weight is 312 g/mol. The number of hydrogen-bond acceptors (Lipinski definition) is 3. The molecule has 0 aliphatic carbocycles. The zero-order valence-corrected chi connectivity index (χ0v) is 13.6. The highest BCUT2D eigenvalue weighted by atomic mass is 35.5. The third kappa shape index (κ3) is 5.59. The maximum atomic E-state index is 6.31. The molecule has 1 aliphatic rings. The molecule has 2 rings (SSSR count). The molecule has 1 aromatic carbocycles. The van der Waals surface area contributed by atoms with Crippen molar-refractivity contribution in [2.75, 3.05) is 26.3 Å². The first-order valence-electron chi connectivity index (χ1n) is 7.99. The molecular weight excluding hydrogens is 286 g/mol. The molecule has 1 heterocycles. The zero-order valence-electron chi connectivity index (χ0n) is 12.8. The molecule has 0 saturated carbocycles. The Labute approximate surface area is 133 Å². The lowest BCUT2D eigenvalue weighted by molar-refractivity contribution is -0.0633. The van der Waals surface area contributed by atoms with Crippen LogP contribution in [0.5, 0.6) is 0 Å². The van der Waals surface area contributed by atoms with Crippen molar-refractivity contribution in [2.45, 2.75) is 44.8 Å². The van der Waals surface area contributed by atoms with Gasteiger partial charge in [-0.2, -0.15) is 0 Å². The molecule has 2 unspecified atom stereocenters. The van der Waals surface area contributed by atoms with Gasteiger partial charge in [0, 0.05) is 23.7 Å². The Balaban J connectivity index is 1.93. The molecule has 118 valence electrons. The van der Waals surface area contributed by atoms with Gasteiger partial charge in [-0.05, 0) is 38.3 Å². The highest BCUT2D eigenvalue weighted by molar-refractivity contribution is 6.31. The van der Waals surface area contributed by atoms with E-state index in [2.05, 4.69) is 12.2 Å². The van der Waals surface area contributed by atoms with Crippen molar-refractivity contribution in [3.8, 4) is 0 Å². The summed E-state index contributed by atoms with van der Waals surface area (Å²) in [6.07, 6.45) is 4.82. The monoisotopic (exact) mass is 311 g/mol. The van der Waals surface area contributed by atoms with Gasteiger partial charge >= 0.3 is 0 Å². The Hall–Kier alpha value is -0.610. The summed E-state index contributed by atoms with van der Waals surface area (Å²) in [4.78, 5) is 0. The standard InChI is InChI=1S/C17H26ClNO2/c1-2-10-19-12-17(15-8-3-4-9-16(15)18)21-13-14-7-5-6-11-20-14/h3-4,8-9,14,17,19H,2,5-7,10-13H2,1H3. The van der Waals surface area contributed by atoms with E-state index in [9.17, 15) is 0 Å². The van der Waals surface area contributed by atoms with Crippen molar-refractivity contribution >= 4 is 11.6 Å². The number of halogens is 1. The van der Waals surface area contributed by atoms with Crippen LogP contribution in [0, 0.1) is 0 Å². The first kappa shape index (κ1) is 16.8. The van der Waals surface area contributed by atoms with E-state index in [1.165, 1.54) is 12.8 Å². The van der Waals surface area contributed by atoms with Crippen molar-refractivity contribution in [1.82, 2.24) is 5.32 Å². The van der Waals surface area contributed by atoms with E-state index in [1.54, 1.807) is 0 Å². The van der Waals surface area contributed by atoms with Gasteiger partial charge in [-0.1, -0.05) is 36.7 Å². The molecule has 3 nitrogen and oxygen atoms in total. The first-order valence-corrected chi connectivity index (χ1v) is 8.37. The van der Waals surface area contributed by atoms with E-state index in [4.69, 9.17) is 21.1 Å². The predicted molar refractivity (Wildman–Crippen MR) is 86.9 cm³/mol. The third-order valence-electron chi connectivity index (χ3n) is 3.77. The van der Waals surface area contributed by atoms with Gasteiger partial charge in [-0.3, -0.25) is 0 Å². The van der Waals surface area contributed by atoms with Crippen LogP contribution in [0.1, 0.15) is 44.3 Å². The molecule has 0 bridgehead atoms. The molecule has 1 aromatic rings. The molecule has 0 amide bonds. The maximum absolute atomic E-state index is 6.31. The molecule has 0 aromatic heterocycles. The molecular formula is C17H26ClNO2. The molecule has 21 heavy (non-hydrogen) atoms. The van der Waals surface area contributed by atoms with Crippen LogP contribution in [-0.4, -0.2) is 32.4 Å². The number of rotatable bonds is 8. The van der Waals surface area contributed by atoms with Crippen LogP contribution in [0.3, 0.4) is 0 Å². The van der Waals surface area contributed by atoms with Crippen molar-refractivity contribution in [3.63, 3.8) is 0 Å². The summed E-state index contributed by atoms with van der Waals surface area (Å²) in [5.41, 5.74) is 1.05. The summed E-state index contributed by atoms with van der Waals surface area (Å²) >= 11 is 6.31. The predicted octanol–water partition coefficient (Wildman–Crippen LogP) is 3.97. The Kier molecular flexibility index (Phi) is 7.51. The van der Waals surface area contributed by atoms with Gasteiger partial charge < -0.3 is 14.8 Å². The lowest BCUT2D eigenvalue weighted by Crippen LogP contribution is -2.29. The molecule has 1 N–H and O–H groups in total. The van der Waals surface area contributed by atoms with Crippen molar-refractivity contribution in [3.05, 3.63) is 34.9 Å². The van der Waals surface area contributed by atoms with Gasteiger partial charge in [-0.15, -0.1) is 0 Å². The topological polar surface area (TPSA) is 30.5 Å². The lowest BCUT2D eigenvalue weighted by atomic mass is 10.1. The van der Waals surface area contributed by atoms with Crippen molar-refractivity contribution in [2.24, 2.45) is 0 Å². The highest BCUT2D eigenvalue weighted by Gasteiger charge is 2.19. The number of benzene rings is 1. The number of nitrogens with one attached hydrogen (secondary N) is 1. The fourth-order valence-electron chi connectivity index (χ4n) is 2.57. The van der Waals surface area contributed by atoms with Crippen LogP contribution in [0.15, 0.2) is 24.3 Å². The number of hydrogen-bond donors (Lipinski definition) is 1. The van der Waals surface area contributed by atoms with Gasteiger partial charge in [0.15, 0.2) is 0 Å². The van der Waals surface area contributed by atoms with Crippen LogP contribution in [-0.2, 0) is 9.47 Å². The summed E-state index contributed by atoms with van der Waals surface area (Å²) in [6, 6.07) is 7.92. The first-order chi connectivity index (χ1) is 10.3. The van der Waals surface area contributed by atoms with Crippen molar-refractivity contribution in [1.29, 1.82) is 0 Å². The maximum Gasteiger partial charge on any atom is 0.0964 e. The largest absolute Gasteiger partial charge is 0.376 e. The van der Waals surface area contributed by atoms with Crippen molar-refractivity contribution < 1.29 is 9.47 Å². The minimum atomic E-state index is -0.0178. The van der Waals surface area contributed by atoms with Gasteiger partial charge in [-0.25, -0.2) is 0 Å². The van der Waals surface area contributed by atoms with E-state index in [1.807, 2.05) is 24.3 Å². The quantitative estimate of drug-likeness (QED) is 0.737.